The lowest BCUT2D eigenvalue weighted by Crippen LogP contribution is -2.41. The van der Waals surface area contributed by atoms with Gasteiger partial charge in [0.25, 0.3) is 0 Å². The first-order valence-electron chi connectivity index (χ1n) is 6.92. The van der Waals surface area contributed by atoms with Crippen molar-refractivity contribution in [1.82, 2.24) is 4.90 Å². The second-order valence-electron chi connectivity index (χ2n) is 6.63. The van der Waals surface area contributed by atoms with E-state index in [-0.39, 0.29) is 11.7 Å². The molecule has 17 heavy (non-hydrogen) atoms. The van der Waals surface area contributed by atoms with Gasteiger partial charge in [0.2, 0.25) is 0 Å². The van der Waals surface area contributed by atoms with Crippen LogP contribution in [0.3, 0.4) is 0 Å². The lowest BCUT2D eigenvalue weighted by atomic mass is 10.00. The van der Waals surface area contributed by atoms with E-state index in [1.54, 1.807) is 0 Å². The van der Waals surface area contributed by atoms with Gasteiger partial charge < -0.3 is 9.64 Å². The summed E-state index contributed by atoms with van der Waals surface area (Å²) in [5.41, 5.74) is -0.376. The fourth-order valence-electron chi connectivity index (χ4n) is 2.99. The largest absolute Gasteiger partial charge is 0.444 e. The zero-order chi connectivity index (χ0) is 12.5. The molecular weight excluding hydrogens is 214 g/mol. The Morgan fingerprint density at radius 3 is 2.06 bits per heavy atom. The molecule has 2 bridgehead atoms. The first-order chi connectivity index (χ1) is 7.94. The minimum atomic E-state index is -0.376. The van der Waals surface area contributed by atoms with E-state index in [1.807, 2.05) is 25.7 Å². The maximum absolute atomic E-state index is 12.1. The lowest BCUT2D eigenvalue weighted by Gasteiger charge is -2.31. The van der Waals surface area contributed by atoms with Gasteiger partial charge in [-0.3, -0.25) is 0 Å². The zero-order valence-electron chi connectivity index (χ0n) is 11.4. The highest BCUT2D eigenvalue weighted by Crippen LogP contribution is 2.32. The summed E-state index contributed by atoms with van der Waals surface area (Å²) in [5.74, 6) is 1.41. The molecule has 1 heterocycles. The topological polar surface area (TPSA) is 29.5 Å². The number of carbonyl (C=O) groups is 1. The average molecular weight is 239 g/mol. The number of amides is 1. The van der Waals surface area contributed by atoms with Crippen molar-refractivity contribution < 1.29 is 9.53 Å². The van der Waals surface area contributed by atoms with Crippen LogP contribution in [0.25, 0.3) is 0 Å². The van der Waals surface area contributed by atoms with E-state index >= 15 is 0 Å². The molecule has 0 spiro atoms. The number of rotatable bonds is 0. The molecule has 2 rings (SSSR count). The molecule has 3 heteroatoms. The third-order valence-electron chi connectivity index (χ3n) is 3.82. The Labute approximate surface area is 105 Å². The molecule has 2 aliphatic rings. The summed E-state index contributed by atoms with van der Waals surface area (Å²) in [5, 5.41) is 0. The first kappa shape index (κ1) is 12.7. The Bertz CT molecular complexity index is 268. The maximum Gasteiger partial charge on any atom is 0.410 e. The second kappa shape index (κ2) is 4.87. The molecule has 0 aromatic rings. The van der Waals surface area contributed by atoms with Gasteiger partial charge in [0.05, 0.1) is 0 Å². The van der Waals surface area contributed by atoms with Gasteiger partial charge in [-0.15, -0.1) is 0 Å². The van der Waals surface area contributed by atoms with Gasteiger partial charge in [-0.1, -0.05) is 6.42 Å². The molecule has 2 atom stereocenters. The Hall–Kier alpha value is -0.730. The minimum Gasteiger partial charge on any atom is -0.444 e. The van der Waals surface area contributed by atoms with Gasteiger partial charge in [0, 0.05) is 13.1 Å². The van der Waals surface area contributed by atoms with Crippen molar-refractivity contribution in [3.05, 3.63) is 0 Å². The molecule has 1 aliphatic heterocycles. The molecular formula is C14H25NO2. The number of fused-ring (bicyclic) bond motifs is 3. The summed E-state index contributed by atoms with van der Waals surface area (Å²) in [6.07, 6.45) is 6.40. The van der Waals surface area contributed by atoms with E-state index in [4.69, 9.17) is 4.74 Å². The van der Waals surface area contributed by atoms with Crippen molar-refractivity contribution in [2.75, 3.05) is 13.1 Å². The zero-order valence-corrected chi connectivity index (χ0v) is 11.4. The predicted molar refractivity (Wildman–Crippen MR) is 67.9 cm³/mol. The summed E-state index contributed by atoms with van der Waals surface area (Å²) < 4.78 is 5.48. The summed E-state index contributed by atoms with van der Waals surface area (Å²) in [4.78, 5) is 14.1. The van der Waals surface area contributed by atoms with Crippen LogP contribution in [0.15, 0.2) is 0 Å². The normalized spacial score (nSPS) is 29.7. The van der Waals surface area contributed by atoms with E-state index in [0.29, 0.717) is 11.8 Å². The molecule has 0 aromatic heterocycles. The number of carbonyl (C=O) groups excluding carboxylic acids is 1. The number of hydrogen-bond acceptors (Lipinski definition) is 2. The van der Waals surface area contributed by atoms with Gasteiger partial charge in [-0.05, 0) is 58.3 Å². The molecule has 1 aliphatic carbocycles. The molecule has 0 N–H and O–H groups in total. The van der Waals surface area contributed by atoms with E-state index < -0.39 is 0 Å². The molecule has 1 amide bonds. The van der Waals surface area contributed by atoms with E-state index in [2.05, 4.69) is 0 Å². The van der Waals surface area contributed by atoms with Crippen molar-refractivity contribution >= 4 is 6.09 Å². The van der Waals surface area contributed by atoms with Crippen LogP contribution in [0.1, 0.15) is 52.9 Å². The third-order valence-corrected chi connectivity index (χ3v) is 3.82. The van der Waals surface area contributed by atoms with Gasteiger partial charge in [0.1, 0.15) is 5.60 Å². The van der Waals surface area contributed by atoms with Crippen molar-refractivity contribution in [3.8, 4) is 0 Å². The highest BCUT2D eigenvalue weighted by molar-refractivity contribution is 5.68. The Morgan fingerprint density at radius 1 is 1.06 bits per heavy atom. The van der Waals surface area contributed by atoms with Gasteiger partial charge >= 0.3 is 6.09 Å². The quantitative estimate of drug-likeness (QED) is 0.648. The highest BCUT2D eigenvalue weighted by atomic mass is 16.6. The molecule has 2 unspecified atom stereocenters. The molecule has 0 radical (unpaired) electrons. The van der Waals surface area contributed by atoms with Crippen LogP contribution < -0.4 is 0 Å². The van der Waals surface area contributed by atoms with Crippen LogP contribution in [0, 0.1) is 11.8 Å². The summed E-state index contributed by atoms with van der Waals surface area (Å²) >= 11 is 0. The average Bonchev–Trinajstić information content (AvgIpc) is 2.46. The van der Waals surface area contributed by atoms with Gasteiger partial charge in [-0.2, -0.15) is 0 Å². The van der Waals surface area contributed by atoms with E-state index in [0.717, 1.165) is 13.1 Å². The Kier molecular flexibility index (Phi) is 3.64. The summed E-state index contributed by atoms with van der Waals surface area (Å²) in [6.45, 7) is 7.62. The monoisotopic (exact) mass is 239 g/mol. The van der Waals surface area contributed by atoms with Crippen LogP contribution in [0.4, 0.5) is 4.79 Å². The Balaban J connectivity index is 1.99. The molecule has 1 saturated carbocycles. The van der Waals surface area contributed by atoms with E-state index in [9.17, 15) is 4.79 Å². The fourth-order valence-corrected chi connectivity index (χ4v) is 2.99. The van der Waals surface area contributed by atoms with E-state index in [1.165, 1.54) is 32.1 Å². The number of hydrogen-bond donors (Lipinski definition) is 0. The smallest absolute Gasteiger partial charge is 0.410 e. The number of nitrogens with zero attached hydrogens (tertiary/aromatic N) is 1. The molecule has 98 valence electrons. The lowest BCUT2D eigenvalue weighted by molar-refractivity contribution is 0.0195. The third kappa shape index (κ3) is 3.62. The van der Waals surface area contributed by atoms with Gasteiger partial charge in [0.15, 0.2) is 0 Å². The minimum absolute atomic E-state index is 0.115. The highest BCUT2D eigenvalue weighted by Gasteiger charge is 2.31. The number of likely N-dealkylation sites (tertiary alicyclic amines) is 1. The predicted octanol–water partition coefficient (Wildman–Crippen LogP) is 3.43. The molecule has 3 nitrogen and oxygen atoms in total. The van der Waals surface area contributed by atoms with Crippen LogP contribution in [0.5, 0.6) is 0 Å². The SMILES string of the molecule is CC(C)(C)OC(=O)N1CC2CCCC(CC2)C1. The van der Waals surface area contributed by atoms with Gasteiger partial charge in [-0.25, -0.2) is 4.79 Å². The number of ether oxygens (including phenoxy) is 1. The van der Waals surface area contributed by atoms with Crippen molar-refractivity contribution in [1.29, 1.82) is 0 Å². The van der Waals surface area contributed by atoms with Crippen LogP contribution in [-0.4, -0.2) is 29.7 Å². The van der Waals surface area contributed by atoms with Crippen molar-refractivity contribution in [3.63, 3.8) is 0 Å². The molecule has 1 saturated heterocycles. The van der Waals surface area contributed by atoms with Crippen LogP contribution in [-0.2, 0) is 4.74 Å². The standard InChI is InChI=1S/C14H25NO2/c1-14(2,3)17-13(16)15-9-11-5-4-6-12(10-15)8-7-11/h11-12H,4-10H2,1-3H3. The van der Waals surface area contributed by atoms with Crippen LogP contribution in [0.2, 0.25) is 0 Å². The van der Waals surface area contributed by atoms with Crippen molar-refractivity contribution in [2.45, 2.75) is 58.5 Å². The molecule has 0 aromatic carbocycles. The fraction of sp³-hybridized carbons (Fsp3) is 0.929. The maximum atomic E-state index is 12.1. The molecule has 2 fully saturated rings. The second-order valence-corrected chi connectivity index (χ2v) is 6.63. The first-order valence-corrected chi connectivity index (χ1v) is 6.92. The summed E-state index contributed by atoms with van der Waals surface area (Å²) in [6, 6.07) is 0. The van der Waals surface area contributed by atoms with Crippen molar-refractivity contribution in [2.24, 2.45) is 11.8 Å². The Morgan fingerprint density at radius 2 is 1.59 bits per heavy atom. The summed E-state index contributed by atoms with van der Waals surface area (Å²) in [7, 11) is 0. The van der Waals surface area contributed by atoms with Crippen LogP contribution >= 0.6 is 0 Å².